The van der Waals surface area contributed by atoms with Gasteiger partial charge in [0.15, 0.2) is 0 Å². The summed E-state index contributed by atoms with van der Waals surface area (Å²) in [6, 6.07) is 3.46. The maximum Gasteiger partial charge on any atom is 0.328 e. The molecule has 3 N–H and O–H groups in total. The Labute approximate surface area is 136 Å². The first-order chi connectivity index (χ1) is 9.88. The van der Waals surface area contributed by atoms with Crippen molar-refractivity contribution < 1.29 is 19.5 Å². The average molecular weight is 421 g/mol. The number of amides is 3. The van der Waals surface area contributed by atoms with Gasteiger partial charge in [-0.3, -0.25) is 9.69 Å². The fourth-order valence-electron chi connectivity index (χ4n) is 1.86. The Hall–Kier alpha value is -1.61. The molecule has 1 aliphatic rings. The second-order valence-electron chi connectivity index (χ2n) is 4.34. The van der Waals surface area contributed by atoms with E-state index in [9.17, 15) is 14.4 Å². The molecule has 1 unspecified atom stereocenters. The summed E-state index contributed by atoms with van der Waals surface area (Å²) in [6.07, 6.45) is 0. The van der Waals surface area contributed by atoms with E-state index in [4.69, 9.17) is 5.11 Å². The fraction of sp³-hybridized carbons (Fsp3) is 0.250. The topological polar surface area (TPSA) is 98.7 Å². The number of carboxylic acids is 1. The van der Waals surface area contributed by atoms with Crippen molar-refractivity contribution in [2.75, 3.05) is 18.4 Å². The number of carboxylic acid groups (broad SMARTS) is 1. The lowest BCUT2D eigenvalue weighted by Gasteiger charge is -2.32. The maximum atomic E-state index is 12.2. The molecule has 1 fully saturated rings. The van der Waals surface area contributed by atoms with Gasteiger partial charge in [0.1, 0.15) is 12.6 Å². The summed E-state index contributed by atoms with van der Waals surface area (Å²) < 4.78 is 1.40. The number of anilines is 1. The molecule has 0 radical (unpaired) electrons. The Bertz CT molecular complexity index is 608. The Kier molecular flexibility index (Phi) is 4.84. The van der Waals surface area contributed by atoms with Gasteiger partial charge in [0, 0.05) is 15.5 Å². The zero-order chi connectivity index (χ0) is 15.6. The number of aliphatic carboxylic acids is 1. The van der Waals surface area contributed by atoms with E-state index < -0.39 is 23.9 Å². The lowest BCUT2D eigenvalue weighted by Crippen LogP contribution is -2.60. The molecule has 1 aromatic carbocycles. The van der Waals surface area contributed by atoms with Crippen molar-refractivity contribution in [3.8, 4) is 0 Å². The summed E-state index contributed by atoms with van der Waals surface area (Å²) >= 11 is 6.57. The largest absolute Gasteiger partial charge is 0.480 e. The minimum Gasteiger partial charge on any atom is -0.480 e. The molecule has 7 nitrogen and oxygen atoms in total. The number of benzene rings is 1. The van der Waals surface area contributed by atoms with E-state index in [-0.39, 0.29) is 13.1 Å². The summed E-state index contributed by atoms with van der Waals surface area (Å²) in [6.45, 7) is -0.407. The van der Waals surface area contributed by atoms with Gasteiger partial charge in [-0.05, 0) is 34.1 Å². The van der Waals surface area contributed by atoms with Crippen molar-refractivity contribution in [3.05, 3.63) is 27.1 Å². The fourth-order valence-corrected chi connectivity index (χ4v) is 2.56. The predicted octanol–water partition coefficient (Wildman–Crippen LogP) is 1.63. The summed E-state index contributed by atoms with van der Waals surface area (Å²) in [4.78, 5) is 35.8. The molecule has 0 spiro atoms. The predicted molar refractivity (Wildman–Crippen MR) is 82.0 cm³/mol. The van der Waals surface area contributed by atoms with Crippen molar-refractivity contribution in [2.45, 2.75) is 6.04 Å². The highest BCUT2D eigenvalue weighted by molar-refractivity contribution is 9.11. The molecule has 1 aromatic rings. The van der Waals surface area contributed by atoms with Gasteiger partial charge in [0.05, 0.1) is 5.69 Å². The van der Waals surface area contributed by atoms with Crippen molar-refractivity contribution in [1.29, 1.82) is 0 Å². The lowest BCUT2D eigenvalue weighted by molar-refractivity contribution is -0.144. The van der Waals surface area contributed by atoms with Gasteiger partial charge >= 0.3 is 12.0 Å². The van der Waals surface area contributed by atoms with Gasteiger partial charge in [-0.1, -0.05) is 15.9 Å². The van der Waals surface area contributed by atoms with Gasteiger partial charge in [0.2, 0.25) is 5.91 Å². The Balaban J connectivity index is 2.19. The molecule has 0 bridgehead atoms. The van der Waals surface area contributed by atoms with Crippen molar-refractivity contribution in [1.82, 2.24) is 10.2 Å². The van der Waals surface area contributed by atoms with E-state index in [1.165, 1.54) is 0 Å². The normalized spacial score (nSPS) is 18.1. The highest BCUT2D eigenvalue weighted by atomic mass is 79.9. The number of piperazine rings is 1. The van der Waals surface area contributed by atoms with Crippen LogP contribution in [0.25, 0.3) is 0 Å². The van der Waals surface area contributed by atoms with E-state index in [2.05, 4.69) is 42.5 Å². The van der Waals surface area contributed by atoms with E-state index >= 15 is 0 Å². The van der Waals surface area contributed by atoms with Crippen LogP contribution in [0.4, 0.5) is 10.5 Å². The number of urea groups is 1. The average Bonchev–Trinajstić information content (AvgIpc) is 2.42. The minimum absolute atomic E-state index is 0.110. The van der Waals surface area contributed by atoms with Crippen molar-refractivity contribution >= 4 is 55.5 Å². The van der Waals surface area contributed by atoms with Crippen LogP contribution in [0.3, 0.4) is 0 Å². The zero-order valence-electron chi connectivity index (χ0n) is 10.6. The summed E-state index contributed by atoms with van der Waals surface area (Å²) in [5.41, 5.74) is 0.476. The molecule has 9 heteroatoms. The minimum atomic E-state index is -1.17. The van der Waals surface area contributed by atoms with Crippen LogP contribution >= 0.6 is 31.9 Å². The van der Waals surface area contributed by atoms with Crippen molar-refractivity contribution in [3.63, 3.8) is 0 Å². The SMILES string of the molecule is O=C1CN(C(=O)Nc2cc(Br)ccc2Br)C(C(=O)O)CN1. The highest BCUT2D eigenvalue weighted by Gasteiger charge is 2.35. The molecule has 0 aromatic heterocycles. The first-order valence-electron chi connectivity index (χ1n) is 5.90. The molecule has 1 atom stereocenters. The molecular formula is C12H11Br2N3O4. The maximum absolute atomic E-state index is 12.2. The van der Waals surface area contributed by atoms with Crippen LogP contribution in [0.15, 0.2) is 27.1 Å². The molecule has 3 amide bonds. The van der Waals surface area contributed by atoms with Crippen LogP contribution in [-0.4, -0.2) is 47.0 Å². The zero-order valence-corrected chi connectivity index (χ0v) is 13.8. The molecule has 1 aliphatic heterocycles. The van der Waals surface area contributed by atoms with E-state index in [0.29, 0.717) is 10.2 Å². The van der Waals surface area contributed by atoms with Gasteiger partial charge in [0.25, 0.3) is 0 Å². The third kappa shape index (κ3) is 3.73. The first-order valence-corrected chi connectivity index (χ1v) is 7.49. The Morgan fingerprint density at radius 3 is 2.76 bits per heavy atom. The number of carbonyl (C=O) groups excluding carboxylic acids is 2. The van der Waals surface area contributed by atoms with Crippen LogP contribution in [0.2, 0.25) is 0 Å². The van der Waals surface area contributed by atoms with E-state index in [1.807, 2.05) is 0 Å². The van der Waals surface area contributed by atoms with Crippen LogP contribution in [0.1, 0.15) is 0 Å². The summed E-state index contributed by atoms with van der Waals surface area (Å²) in [5.74, 6) is -1.56. The molecule has 1 heterocycles. The van der Waals surface area contributed by atoms with Gasteiger partial charge < -0.3 is 15.7 Å². The third-order valence-electron chi connectivity index (χ3n) is 2.90. The third-order valence-corrected chi connectivity index (χ3v) is 4.08. The number of nitrogens with zero attached hydrogens (tertiary/aromatic N) is 1. The number of halogens is 2. The second kappa shape index (κ2) is 6.44. The summed E-state index contributed by atoms with van der Waals surface area (Å²) in [5, 5.41) is 14.1. The number of carbonyl (C=O) groups is 3. The summed E-state index contributed by atoms with van der Waals surface area (Å²) in [7, 11) is 0. The van der Waals surface area contributed by atoms with E-state index in [0.717, 1.165) is 9.37 Å². The molecule has 112 valence electrons. The molecule has 1 saturated heterocycles. The van der Waals surface area contributed by atoms with Gasteiger partial charge in [-0.15, -0.1) is 0 Å². The number of nitrogens with one attached hydrogen (secondary N) is 2. The smallest absolute Gasteiger partial charge is 0.328 e. The van der Waals surface area contributed by atoms with Gasteiger partial charge in [-0.2, -0.15) is 0 Å². The van der Waals surface area contributed by atoms with Crippen LogP contribution in [0, 0.1) is 0 Å². The number of hydrogen-bond acceptors (Lipinski definition) is 3. The van der Waals surface area contributed by atoms with Crippen LogP contribution in [-0.2, 0) is 9.59 Å². The quantitative estimate of drug-likeness (QED) is 0.677. The first kappa shape index (κ1) is 15.8. The monoisotopic (exact) mass is 419 g/mol. The number of rotatable bonds is 2. The molecule has 21 heavy (non-hydrogen) atoms. The molecule has 2 rings (SSSR count). The molecule has 0 saturated carbocycles. The van der Waals surface area contributed by atoms with Crippen molar-refractivity contribution in [2.24, 2.45) is 0 Å². The Morgan fingerprint density at radius 2 is 2.10 bits per heavy atom. The van der Waals surface area contributed by atoms with Gasteiger partial charge in [-0.25, -0.2) is 9.59 Å². The molecule has 0 aliphatic carbocycles. The number of hydrogen-bond donors (Lipinski definition) is 3. The van der Waals surface area contributed by atoms with Crippen LogP contribution in [0.5, 0.6) is 0 Å². The van der Waals surface area contributed by atoms with E-state index in [1.54, 1.807) is 18.2 Å². The lowest BCUT2D eigenvalue weighted by atomic mass is 10.2. The second-order valence-corrected chi connectivity index (χ2v) is 6.11. The van der Waals surface area contributed by atoms with Crippen LogP contribution < -0.4 is 10.6 Å². The Morgan fingerprint density at radius 1 is 1.38 bits per heavy atom. The molecular weight excluding hydrogens is 410 g/mol. The highest BCUT2D eigenvalue weighted by Crippen LogP contribution is 2.26. The standard InChI is InChI=1S/C12H11Br2N3O4/c13-6-1-2-7(14)8(3-6)16-12(21)17-5-10(18)15-4-9(17)11(19)20/h1-3,9H,4-5H2,(H,15,18)(H,16,21)(H,19,20).